The second kappa shape index (κ2) is 8.38. The molecule has 3 N–H and O–H groups in total. The molecule has 1 atom stereocenters. The number of carbonyl (C=O) groups is 2. The Bertz CT molecular complexity index is 583. The van der Waals surface area contributed by atoms with Gasteiger partial charge in [-0.25, -0.2) is 4.79 Å². The molecule has 132 valence electrons. The first kappa shape index (κ1) is 18.6. The number of nitrogens with one attached hydrogen (secondary N) is 2. The number of hydrogen-bond acceptors (Lipinski definition) is 2. The number of aliphatic carboxylic acids is 1. The van der Waals surface area contributed by atoms with E-state index >= 15 is 0 Å². The van der Waals surface area contributed by atoms with Gasteiger partial charge in [-0.05, 0) is 43.2 Å². The Morgan fingerprint density at radius 3 is 2.33 bits per heavy atom. The van der Waals surface area contributed by atoms with Gasteiger partial charge < -0.3 is 15.7 Å². The van der Waals surface area contributed by atoms with Crippen LogP contribution in [0.25, 0.3) is 0 Å². The molecule has 0 aliphatic heterocycles. The summed E-state index contributed by atoms with van der Waals surface area (Å²) in [5.74, 6) is -0.826. The Labute approximate surface area is 147 Å². The van der Waals surface area contributed by atoms with Gasteiger partial charge in [-0.1, -0.05) is 43.6 Å². The molecular formula is C18H25ClN2O3. The minimum absolute atomic E-state index is 0.0275. The second-order valence-corrected chi connectivity index (χ2v) is 7.15. The van der Waals surface area contributed by atoms with Crippen molar-refractivity contribution in [3.63, 3.8) is 0 Å². The number of hydrogen-bond donors (Lipinski definition) is 3. The molecular weight excluding hydrogens is 328 g/mol. The Morgan fingerprint density at radius 2 is 1.79 bits per heavy atom. The van der Waals surface area contributed by atoms with Crippen molar-refractivity contribution in [2.24, 2.45) is 11.8 Å². The maximum Gasteiger partial charge on any atom is 0.315 e. The van der Waals surface area contributed by atoms with Crippen LogP contribution in [-0.2, 0) is 4.79 Å². The highest BCUT2D eigenvalue weighted by atomic mass is 35.5. The average molecular weight is 353 g/mol. The number of carboxylic acids is 1. The lowest BCUT2D eigenvalue weighted by atomic mass is 9.86. The molecule has 1 aromatic carbocycles. The van der Waals surface area contributed by atoms with Crippen molar-refractivity contribution in [1.29, 1.82) is 0 Å². The Hall–Kier alpha value is -1.75. The number of carboxylic acid groups (broad SMARTS) is 1. The highest BCUT2D eigenvalue weighted by Crippen LogP contribution is 2.28. The van der Waals surface area contributed by atoms with Crippen LogP contribution in [0.3, 0.4) is 0 Å². The molecule has 2 rings (SSSR count). The molecule has 2 amide bonds. The first-order chi connectivity index (χ1) is 11.4. The van der Waals surface area contributed by atoms with Crippen molar-refractivity contribution in [3.8, 4) is 0 Å². The largest absolute Gasteiger partial charge is 0.481 e. The molecule has 0 saturated heterocycles. The summed E-state index contributed by atoms with van der Waals surface area (Å²) in [5.41, 5.74) is 0.902. The van der Waals surface area contributed by atoms with Crippen LogP contribution in [0.5, 0.6) is 0 Å². The lowest BCUT2D eigenvalue weighted by Crippen LogP contribution is -2.46. The van der Waals surface area contributed by atoms with E-state index in [9.17, 15) is 9.59 Å². The summed E-state index contributed by atoms with van der Waals surface area (Å²) < 4.78 is 0. The summed E-state index contributed by atoms with van der Waals surface area (Å²) in [7, 11) is 0. The van der Waals surface area contributed by atoms with Gasteiger partial charge in [0.2, 0.25) is 0 Å². The van der Waals surface area contributed by atoms with Gasteiger partial charge in [0.25, 0.3) is 0 Å². The topological polar surface area (TPSA) is 78.4 Å². The number of rotatable bonds is 5. The minimum Gasteiger partial charge on any atom is -0.481 e. The van der Waals surface area contributed by atoms with Crippen LogP contribution in [0.15, 0.2) is 24.3 Å². The third-order valence-corrected chi connectivity index (χ3v) is 4.95. The average Bonchev–Trinajstić information content (AvgIpc) is 2.53. The molecule has 5 nitrogen and oxygen atoms in total. The molecule has 0 spiro atoms. The van der Waals surface area contributed by atoms with E-state index in [1.807, 2.05) is 38.1 Å². The van der Waals surface area contributed by atoms with Crippen LogP contribution < -0.4 is 10.6 Å². The standard InChI is InChI=1S/C18H25ClN2O3/c1-11(2)16(14-5-3-4-6-15(14)19)21-18(24)20-13-9-7-12(8-10-13)17(22)23/h3-6,11-13,16H,7-10H2,1-2H3,(H,22,23)(H2,20,21,24). The van der Waals surface area contributed by atoms with E-state index < -0.39 is 5.97 Å². The van der Waals surface area contributed by atoms with E-state index in [0.717, 1.165) is 5.56 Å². The quantitative estimate of drug-likeness (QED) is 0.750. The Balaban J connectivity index is 1.93. The zero-order chi connectivity index (χ0) is 17.7. The van der Waals surface area contributed by atoms with Crippen molar-refractivity contribution in [1.82, 2.24) is 10.6 Å². The van der Waals surface area contributed by atoms with Crippen LogP contribution in [0.1, 0.15) is 51.1 Å². The van der Waals surface area contributed by atoms with Gasteiger partial charge in [0.1, 0.15) is 0 Å². The van der Waals surface area contributed by atoms with Crippen molar-refractivity contribution in [2.45, 2.75) is 51.6 Å². The fourth-order valence-electron chi connectivity index (χ4n) is 3.18. The zero-order valence-corrected chi connectivity index (χ0v) is 14.8. The van der Waals surface area contributed by atoms with Gasteiger partial charge >= 0.3 is 12.0 Å². The maximum atomic E-state index is 12.3. The van der Waals surface area contributed by atoms with E-state index in [4.69, 9.17) is 16.7 Å². The third-order valence-electron chi connectivity index (χ3n) is 4.61. The predicted octanol–water partition coefficient (Wildman–Crippen LogP) is 3.98. The molecule has 1 aromatic rings. The molecule has 0 aromatic heterocycles. The first-order valence-corrected chi connectivity index (χ1v) is 8.80. The highest BCUT2D eigenvalue weighted by molar-refractivity contribution is 6.31. The van der Waals surface area contributed by atoms with Crippen molar-refractivity contribution in [2.75, 3.05) is 0 Å². The summed E-state index contributed by atoms with van der Waals surface area (Å²) in [6, 6.07) is 7.14. The van der Waals surface area contributed by atoms with Crippen LogP contribution in [0, 0.1) is 11.8 Å². The first-order valence-electron chi connectivity index (χ1n) is 8.42. The summed E-state index contributed by atoms with van der Waals surface area (Å²) in [6.07, 6.45) is 2.61. The maximum absolute atomic E-state index is 12.3. The fraction of sp³-hybridized carbons (Fsp3) is 0.556. The van der Waals surface area contributed by atoms with E-state index in [1.165, 1.54) is 0 Å². The smallest absolute Gasteiger partial charge is 0.315 e. The van der Waals surface area contributed by atoms with Gasteiger partial charge in [-0.15, -0.1) is 0 Å². The SMILES string of the molecule is CC(C)C(NC(=O)NC1CCC(C(=O)O)CC1)c1ccccc1Cl. The van der Waals surface area contributed by atoms with Gasteiger partial charge in [0.15, 0.2) is 0 Å². The third kappa shape index (κ3) is 4.87. The number of amides is 2. The Kier molecular flexibility index (Phi) is 6.49. The van der Waals surface area contributed by atoms with E-state index in [0.29, 0.717) is 30.7 Å². The Morgan fingerprint density at radius 1 is 1.17 bits per heavy atom. The van der Waals surface area contributed by atoms with Crippen LogP contribution >= 0.6 is 11.6 Å². The van der Waals surface area contributed by atoms with Crippen molar-refractivity contribution >= 4 is 23.6 Å². The number of benzene rings is 1. The molecule has 0 bridgehead atoms. The van der Waals surface area contributed by atoms with Gasteiger partial charge in [-0.2, -0.15) is 0 Å². The summed E-state index contributed by atoms with van der Waals surface area (Å²) in [4.78, 5) is 23.3. The number of carbonyl (C=O) groups excluding carboxylic acids is 1. The summed E-state index contributed by atoms with van der Waals surface area (Å²) in [5, 5.41) is 15.6. The molecule has 1 aliphatic rings. The molecule has 1 fully saturated rings. The summed E-state index contributed by atoms with van der Waals surface area (Å²) >= 11 is 6.26. The zero-order valence-electron chi connectivity index (χ0n) is 14.1. The highest BCUT2D eigenvalue weighted by Gasteiger charge is 2.27. The molecule has 1 aliphatic carbocycles. The molecule has 0 radical (unpaired) electrons. The lowest BCUT2D eigenvalue weighted by molar-refractivity contribution is -0.142. The fourth-order valence-corrected chi connectivity index (χ4v) is 3.44. The monoisotopic (exact) mass is 352 g/mol. The molecule has 0 heterocycles. The van der Waals surface area contributed by atoms with E-state index in [-0.39, 0.29) is 30.0 Å². The molecule has 1 unspecified atom stereocenters. The van der Waals surface area contributed by atoms with Gasteiger partial charge in [-0.3, -0.25) is 4.79 Å². The summed E-state index contributed by atoms with van der Waals surface area (Å²) in [6.45, 7) is 4.07. The van der Waals surface area contributed by atoms with Crippen LogP contribution in [0.2, 0.25) is 5.02 Å². The predicted molar refractivity (Wildman–Crippen MR) is 94.1 cm³/mol. The molecule has 6 heteroatoms. The molecule has 24 heavy (non-hydrogen) atoms. The minimum atomic E-state index is -0.739. The normalized spacial score (nSPS) is 22.0. The van der Waals surface area contributed by atoms with Gasteiger partial charge in [0.05, 0.1) is 12.0 Å². The van der Waals surface area contributed by atoms with Crippen LogP contribution in [0.4, 0.5) is 4.79 Å². The second-order valence-electron chi connectivity index (χ2n) is 6.75. The molecule has 1 saturated carbocycles. The number of halogens is 1. The van der Waals surface area contributed by atoms with E-state index in [2.05, 4.69) is 10.6 Å². The van der Waals surface area contributed by atoms with Crippen LogP contribution in [-0.4, -0.2) is 23.1 Å². The van der Waals surface area contributed by atoms with E-state index in [1.54, 1.807) is 0 Å². The number of urea groups is 1. The van der Waals surface area contributed by atoms with Crippen molar-refractivity contribution in [3.05, 3.63) is 34.9 Å². The van der Waals surface area contributed by atoms with Gasteiger partial charge in [0, 0.05) is 11.1 Å². The lowest BCUT2D eigenvalue weighted by Gasteiger charge is -2.29. The van der Waals surface area contributed by atoms with Crippen molar-refractivity contribution < 1.29 is 14.7 Å².